The Balaban J connectivity index is 1.58. The number of nitrogens with two attached hydrogens (primary N) is 1. The van der Waals surface area contributed by atoms with E-state index in [0.717, 1.165) is 18.5 Å². The lowest BCUT2D eigenvalue weighted by Crippen LogP contribution is -2.45. The highest BCUT2D eigenvalue weighted by Gasteiger charge is 2.24. The Bertz CT molecular complexity index is 1220. The number of hydrogen-bond acceptors (Lipinski definition) is 6. The van der Waals surface area contributed by atoms with Crippen LogP contribution in [0.3, 0.4) is 0 Å². The summed E-state index contributed by atoms with van der Waals surface area (Å²) in [6, 6.07) is 17.8. The van der Waals surface area contributed by atoms with Crippen molar-refractivity contribution >= 4 is 89.9 Å². The number of benzene rings is 2. The van der Waals surface area contributed by atoms with Crippen LogP contribution in [0.4, 0.5) is 0 Å². The fourth-order valence-electron chi connectivity index (χ4n) is 4.18. The van der Waals surface area contributed by atoms with Crippen LogP contribution in [0.25, 0.3) is 20.2 Å². The molecule has 5 aromatic rings. The topological polar surface area (TPSA) is 44.5 Å². The van der Waals surface area contributed by atoms with E-state index in [-0.39, 0.29) is 13.8 Å². The van der Waals surface area contributed by atoms with Crippen LogP contribution in [0.1, 0.15) is 13.3 Å². The predicted molar refractivity (Wildman–Crippen MR) is 149 cm³/mol. The molecule has 0 fully saturated rings. The normalized spacial score (nSPS) is 11.5. The quantitative estimate of drug-likeness (QED) is 0.304. The first-order valence-electron chi connectivity index (χ1n) is 11.2. The molecule has 2 N–H and O–H groups in total. The van der Waals surface area contributed by atoms with Gasteiger partial charge in [0.1, 0.15) is 0 Å². The Morgan fingerprint density at radius 2 is 1.27 bits per heavy atom. The molecule has 0 aliphatic rings. The molecule has 0 saturated heterocycles. The van der Waals surface area contributed by atoms with Crippen LogP contribution in [0.15, 0.2) is 70.1 Å². The van der Waals surface area contributed by atoms with Crippen LogP contribution in [-0.4, -0.2) is 33.6 Å². The number of thiophene rings is 3. The van der Waals surface area contributed by atoms with Gasteiger partial charge >= 0.3 is 13.8 Å². The van der Waals surface area contributed by atoms with Crippen LogP contribution >= 0.6 is 34.0 Å². The van der Waals surface area contributed by atoms with Crippen molar-refractivity contribution in [3.63, 3.8) is 0 Å². The Hall–Kier alpha value is -1.93. The van der Waals surface area contributed by atoms with Gasteiger partial charge in [0, 0.05) is 29.2 Å². The summed E-state index contributed by atoms with van der Waals surface area (Å²) in [4.78, 5) is 0. The van der Waals surface area contributed by atoms with Crippen molar-refractivity contribution in [1.29, 1.82) is 0 Å². The van der Waals surface area contributed by atoms with Crippen molar-refractivity contribution in [3.05, 3.63) is 70.1 Å². The molecule has 0 saturated carbocycles. The van der Waals surface area contributed by atoms with Crippen LogP contribution in [-0.2, 0) is 9.31 Å². The third kappa shape index (κ3) is 4.83. The molecule has 0 spiro atoms. The van der Waals surface area contributed by atoms with Gasteiger partial charge in [-0.05, 0) is 72.7 Å². The summed E-state index contributed by atoms with van der Waals surface area (Å²) in [5.74, 6) is 0. The molecule has 0 unspecified atom stereocenters. The first kappa shape index (κ1) is 22.8. The minimum absolute atomic E-state index is 0.0369. The standard InChI is InChI=1S/C25H25B2NO2S3/c1-2-10-29-26(20-7-12-31-16-20)18-3-5-24-22(14-18)23-15-19(4-6-25(23)33-24)27(30-11-9-28)21-8-13-32-17-21/h3-8,12-17H,2,9-11,28H2,1H3. The fraction of sp³-hybridized carbons (Fsp3) is 0.200. The Kier molecular flexibility index (Phi) is 7.30. The van der Waals surface area contributed by atoms with Gasteiger partial charge < -0.3 is 15.0 Å². The Morgan fingerprint density at radius 1 is 0.727 bits per heavy atom. The van der Waals surface area contributed by atoms with Crippen molar-refractivity contribution in [2.24, 2.45) is 5.73 Å². The van der Waals surface area contributed by atoms with Crippen molar-refractivity contribution in [3.8, 4) is 0 Å². The maximum atomic E-state index is 6.29. The molecule has 0 atom stereocenters. The van der Waals surface area contributed by atoms with Crippen molar-refractivity contribution in [2.75, 3.05) is 19.8 Å². The van der Waals surface area contributed by atoms with Crippen LogP contribution in [0.2, 0.25) is 0 Å². The third-order valence-electron chi connectivity index (χ3n) is 5.71. The zero-order chi connectivity index (χ0) is 22.6. The van der Waals surface area contributed by atoms with Gasteiger partial charge in [-0.25, -0.2) is 0 Å². The third-order valence-corrected chi connectivity index (χ3v) is 8.26. The van der Waals surface area contributed by atoms with E-state index in [0.29, 0.717) is 13.2 Å². The summed E-state index contributed by atoms with van der Waals surface area (Å²) >= 11 is 5.24. The molecule has 8 heteroatoms. The highest BCUT2D eigenvalue weighted by molar-refractivity contribution is 7.25. The number of rotatable bonds is 10. The molecule has 0 radical (unpaired) electrons. The molecule has 0 bridgehead atoms. The Labute approximate surface area is 207 Å². The van der Waals surface area contributed by atoms with Gasteiger partial charge in [-0.1, -0.05) is 43.3 Å². The summed E-state index contributed by atoms with van der Waals surface area (Å²) in [5, 5.41) is 11.1. The summed E-state index contributed by atoms with van der Waals surface area (Å²) in [6.45, 7) is 3.80. The molecular formula is C25H25B2NO2S3. The zero-order valence-corrected chi connectivity index (χ0v) is 21.0. The zero-order valence-electron chi connectivity index (χ0n) is 18.5. The van der Waals surface area contributed by atoms with E-state index >= 15 is 0 Å². The fourth-order valence-corrected chi connectivity index (χ4v) is 6.59. The molecule has 2 aromatic carbocycles. The second-order valence-corrected chi connectivity index (χ2v) is 10.7. The van der Waals surface area contributed by atoms with E-state index in [2.05, 4.69) is 77.0 Å². The van der Waals surface area contributed by atoms with Gasteiger partial charge in [-0.3, -0.25) is 0 Å². The van der Waals surface area contributed by atoms with Gasteiger partial charge in [0.15, 0.2) is 0 Å². The molecule has 33 heavy (non-hydrogen) atoms. The molecule has 0 aliphatic heterocycles. The molecule has 166 valence electrons. The van der Waals surface area contributed by atoms with E-state index in [1.807, 2.05) is 11.3 Å². The van der Waals surface area contributed by atoms with Crippen molar-refractivity contribution in [1.82, 2.24) is 0 Å². The van der Waals surface area contributed by atoms with Crippen molar-refractivity contribution < 1.29 is 9.31 Å². The minimum atomic E-state index is -0.103. The smallest absolute Gasteiger partial charge is 0.362 e. The first-order valence-corrected chi connectivity index (χ1v) is 13.9. The van der Waals surface area contributed by atoms with Gasteiger partial charge in [-0.15, -0.1) is 11.3 Å². The van der Waals surface area contributed by atoms with E-state index in [9.17, 15) is 0 Å². The second kappa shape index (κ2) is 10.6. The largest absolute Gasteiger partial charge is 0.427 e. The Morgan fingerprint density at radius 3 is 1.73 bits per heavy atom. The molecule has 3 heterocycles. The molecule has 5 rings (SSSR count). The summed E-state index contributed by atoms with van der Waals surface area (Å²) < 4.78 is 15.1. The van der Waals surface area contributed by atoms with E-state index in [4.69, 9.17) is 15.0 Å². The minimum Gasteiger partial charge on any atom is -0.427 e. The second-order valence-electron chi connectivity index (χ2n) is 8.02. The molecule has 0 aliphatic carbocycles. The summed E-state index contributed by atoms with van der Waals surface area (Å²) in [5.41, 5.74) is 10.5. The van der Waals surface area contributed by atoms with Gasteiger partial charge in [0.05, 0.1) is 0 Å². The first-order chi connectivity index (χ1) is 16.3. The van der Waals surface area contributed by atoms with E-state index < -0.39 is 0 Å². The monoisotopic (exact) mass is 489 g/mol. The van der Waals surface area contributed by atoms with Gasteiger partial charge in [0.2, 0.25) is 0 Å². The van der Waals surface area contributed by atoms with Gasteiger partial charge in [-0.2, -0.15) is 22.7 Å². The van der Waals surface area contributed by atoms with Gasteiger partial charge in [0.25, 0.3) is 0 Å². The van der Waals surface area contributed by atoms with Crippen LogP contribution < -0.4 is 27.6 Å². The maximum Gasteiger partial charge on any atom is 0.362 e. The number of fused-ring (bicyclic) bond motifs is 3. The molecule has 3 aromatic heterocycles. The summed E-state index contributed by atoms with van der Waals surface area (Å²) in [6.07, 6.45) is 1.00. The van der Waals surface area contributed by atoms with Crippen molar-refractivity contribution in [2.45, 2.75) is 13.3 Å². The van der Waals surface area contributed by atoms with Crippen LogP contribution in [0.5, 0.6) is 0 Å². The summed E-state index contributed by atoms with van der Waals surface area (Å²) in [7, 11) is 0. The SMILES string of the molecule is CCCOB(c1ccsc1)c1ccc2sc3ccc(B(OCCN)c4ccsc4)cc3c2c1. The highest BCUT2D eigenvalue weighted by Crippen LogP contribution is 2.32. The average Bonchev–Trinajstić information content (AvgIpc) is 3.61. The molecule has 0 amide bonds. The lowest BCUT2D eigenvalue weighted by atomic mass is 9.55. The lowest BCUT2D eigenvalue weighted by molar-refractivity contribution is 0.333. The lowest BCUT2D eigenvalue weighted by Gasteiger charge is -2.14. The maximum absolute atomic E-state index is 6.29. The van der Waals surface area contributed by atoms with Crippen LogP contribution in [0, 0.1) is 0 Å². The predicted octanol–water partition coefficient (Wildman–Crippen LogP) is 3.79. The van der Waals surface area contributed by atoms with E-state index in [1.165, 1.54) is 36.6 Å². The highest BCUT2D eigenvalue weighted by atomic mass is 32.1. The average molecular weight is 489 g/mol. The number of hydrogen-bond donors (Lipinski definition) is 1. The van der Waals surface area contributed by atoms with E-state index in [1.54, 1.807) is 22.7 Å². The molecule has 3 nitrogen and oxygen atoms in total. The molecular weight excluding hydrogens is 464 g/mol.